The van der Waals surface area contributed by atoms with Gasteiger partial charge in [0.15, 0.2) is 0 Å². The first kappa shape index (κ1) is 14.6. The van der Waals surface area contributed by atoms with Gasteiger partial charge in [-0.25, -0.2) is 4.79 Å². The van der Waals surface area contributed by atoms with Gasteiger partial charge in [-0.05, 0) is 34.1 Å². The van der Waals surface area contributed by atoms with Crippen molar-refractivity contribution in [3.63, 3.8) is 0 Å². The Morgan fingerprint density at radius 3 is 2.58 bits per heavy atom. The molecule has 2 atom stereocenters. The summed E-state index contributed by atoms with van der Waals surface area (Å²) in [4.78, 5) is 16.3. The van der Waals surface area contributed by atoms with Gasteiger partial charge in [0.05, 0.1) is 6.61 Å². The second-order valence-corrected chi connectivity index (χ2v) is 6.53. The summed E-state index contributed by atoms with van der Waals surface area (Å²) in [6, 6.07) is 0.892. The molecule has 0 spiro atoms. The van der Waals surface area contributed by atoms with E-state index in [-0.39, 0.29) is 6.09 Å². The van der Waals surface area contributed by atoms with Crippen LogP contribution in [0.5, 0.6) is 0 Å². The number of hydrogen-bond acceptors (Lipinski definition) is 4. The molecule has 0 N–H and O–H groups in total. The lowest BCUT2D eigenvalue weighted by molar-refractivity contribution is -0.00280. The van der Waals surface area contributed by atoms with E-state index in [1.54, 1.807) is 0 Å². The van der Waals surface area contributed by atoms with E-state index in [0.29, 0.717) is 12.1 Å². The molecular formula is C14H26N2O3. The van der Waals surface area contributed by atoms with E-state index in [2.05, 4.69) is 11.8 Å². The average molecular weight is 270 g/mol. The van der Waals surface area contributed by atoms with E-state index < -0.39 is 5.60 Å². The molecule has 0 aliphatic carbocycles. The molecule has 2 rings (SSSR count). The molecule has 5 nitrogen and oxygen atoms in total. The Hall–Kier alpha value is -0.810. The summed E-state index contributed by atoms with van der Waals surface area (Å²) in [5.41, 5.74) is -0.420. The van der Waals surface area contributed by atoms with Crippen LogP contribution in [0.15, 0.2) is 0 Å². The maximum absolute atomic E-state index is 12.0. The molecule has 2 aliphatic rings. The largest absolute Gasteiger partial charge is 0.444 e. The number of ether oxygens (including phenoxy) is 2. The fourth-order valence-corrected chi connectivity index (χ4v) is 2.79. The molecule has 0 bridgehead atoms. The van der Waals surface area contributed by atoms with Gasteiger partial charge < -0.3 is 14.4 Å². The SMILES string of the molecule is CC1CN(C(=O)OC(C)(C)C)CCN1C1CCOC1. The molecule has 0 aromatic rings. The van der Waals surface area contributed by atoms with Crippen LogP contribution >= 0.6 is 0 Å². The van der Waals surface area contributed by atoms with Gasteiger partial charge in [0.1, 0.15) is 5.60 Å². The molecule has 2 fully saturated rings. The van der Waals surface area contributed by atoms with Gasteiger partial charge in [0.2, 0.25) is 0 Å². The van der Waals surface area contributed by atoms with Crippen LogP contribution in [0.1, 0.15) is 34.1 Å². The van der Waals surface area contributed by atoms with Crippen LogP contribution in [0.2, 0.25) is 0 Å². The first-order chi connectivity index (χ1) is 8.87. The van der Waals surface area contributed by atoms with Crippen LogP contribution in [0.3, 0.4) is 0 Å². The van der Waals surface area contributed by atoms with Crippen LogP contribution < -0.4 is 0 Å². The van der Waals surface area contributed by atoms with E-state index >= 15 is 0 Å². The van der Waals surface area contributed by atoms with Gasteiger partial charge in [-0.15, -0.1) is 0 Å². The molecule has 19 heavy (non-hydrogen) atoms. The van der Waals surface area contributed by atoms with Crippen molar-refractivity contribution in [3.05, 3.63) is 0 Å². The molecule has 0 aromatic heterocycles. The zero-order valence-corrected chi connectivity index (χ0v) is 12.5. The number of carbonyl (C=O) groups excluding carboxylic acids is 1. The quantitative estimate of drug-likeness (QED) is 0.727. The van der Waals surface area contributed by atoms with E-state index in [1.165, 1.54) is 0 Å². The molecule has 2 saturated heterocycles. The lowest BCUT2D eigenvalue weighted by atomic mass is 10.1. The summed E-state index contributed by atoms with van der Waals surface area (Å²) in [5, 5.41) is 0. The number of piperazine rings is 1. The Kier molecular flexibility index (Phi) is 4.36. The number of amides is 1. The van der Waals surface area contributed by atoms with Crippen LogP contribution in [-0.2, 0) is 9.47 Å². The maximum atomic E-state index is 12.0. The number of nitrogens with zero attached hydrogens (tertiary/aromatic N) is 2. The van der Waals surface area contributed by atoms with Crippen molar-refractivity contribution in [2.45, 2.75) is 51.8 Å². The third kappa shape index (κ3) is 3.83. The van der Waals surface area contributed by atoms with Gasteiger partial charge in [-0.2, -0.15) is 0 Å². The van der Waals surface area contributed by atoms with Gasteiger partial charge >= 0.3 is 6.09 Å². The summed E-state index contributed by atoms with van der Waals surface area (Å²) in [7, 11) is 0. The minimum atomic E-state index is -0.420. The van der Waals surface area contributed by atoms with Crippen LogP contribution in [0.25, 0.3) is 0 Å². The van der Waals surface area contributed by atoms with Crippen molar-refractivity contribution in [2.75, 3.05) is 32.8 Å². The summed E-state index contributed by atoms with van der Waals surface area (Å²) >= 11 is 0. The zero-order chi connectivity index (χ0) is 14.0. The molecule has 1 amide bonds. The van der Waals surface area contributed by atoms with E-state index in [4.69, 9.17) is 9.47 Å². The normalized spacial score (nSPS) is 29.6. The molecule has 0 aromatic carbocycles. The fourth-order valence-electron chi connectivity index (χ4n) is 2.79. The zero-order valence-electron chi connectivity index (χ0n) is 12.5. The molecule has 2 heterocycles. The summed E-state index contributed by atoms with van der Waals surface area (Å²) < 4.78 is 10.9. The summed E-state index contributed by atoms with van der Waals surface area (Å²) in [6.45, 7) is 12.0. The highest BCUT2D eigenvalue weighted by Gasteiger charge is 2.34. The van der Waals surface area contributed by atoms with Gasteiger partial charge in [0.25, 0.3) is 0 Å². The third-order valence-electron chi connectivity index (χ3n) is 3.71. The van der Waals surface area contributed by atoms with Crippen molar-refractivity contribution in [2.24, 2.45) is 0 Å². The van der Waals surface area contributed by atoms with Crippen LogP contribution in [-0.4, -0.2) is 66.4 Å². The standard InChI is InChI=1S/C14H26N2O3/c1-11-9-15(13(17)19-14(2,3)4)6-7-16(11)12-5-8-18-10-12/h11-12H,5-10H2,1-4H3. The Labute approximate surface area is 115 Å². The number of rotatable bonds is 1. The van der Waals surface area contributed by atoms with E-state index in [9.17, 15) is 4.79 Å². The molecule has 5 heteroatoms. The lowest BCUT2D eigenvalue weighted by Gasteiger charge is -2.42. The molecule has 0 saturated carbocycles. The second-order valence-electron chi connectivity index (χ2n) is 6.53. The average Bonchev–Trinajstić information content (AvgIpc) is 2.79. The van der Waals surface area contributed by atoms with Crippen molar-refractivity contribution in [1.29, 1.82) is 0 Å². The van der Waals surface area contributed by atoms with E-state index in [0.717, 1.165) is 39.3 Å². The predicted molar refractivity (Wildman–Crippen MR) is 73.2 cm³/mol. The highest BCUT2D eigenvalue weighted by Crippen LogP contribution is 2.20. The van der Waals surface area contributed by atoms with Gasteiger partial charge in [0, 0.05) is 38.3 Å². The first-order valence-electron chi connectivity index (χ1n) is 7.18. The number of hydrogen-bond donors (Lipinski definition) is 0. The van der Waals surface area contributed by atoms with Crippen molar-refractivity contribution in [3.8, 4) is 0 Å². The molecule has 0 radical (unpaired) electrons. The van der Waals surface area contributed by atoms with Crippen LogP contribution in [0.4, 0.5) is 4.79 Å². The topological polar surface area (TPSA) is 42.0 Å². The molecular weight excluding hydrogens is 244 g/mol. The number of carbonyl (C=O) groups is 1. The predicted octanol–water partition coefficient (Wildman–Crippen LogP) is 1.72. The Bertz CT molecular complexity index is 321. The molecule has 110 valence electrons. The Morgan fingerprint density at radius 1 is 1.32 bits per heavy atom. The lowest BCUT2D eigenvalue weighted by Crippen LogP contribution is -2.57. The first-order valence-corrected chi connectivity index (χ1v) is 7.18. The summed E-state index contributed by atoms with van der Waals surface area (Å²) in [5.74, 6) is 0. The van der Waals surface area contributed by atoms with Gasteiger partial charge in [-0.3, -0.25) is 4.90 Å². The van der Waals surface area contributed by atoms with Crippen LogP contribution in [0, 0.1) is 0 Å². The smallest absolute Gasteiger partial charge is 0.410 e. The minimum absolute atomic E-state index is 0.193. The highest BCUT2D eigenvalue weighted by molar-refractivity contribution is 5.68. The van der Waals surface area contributed by atoms with Crippen molar-refractivity contribution < 1.29 is 14.3 Å². The maximum Gasteiger partial charge on any atom is 0.410 e. The molecule has 2 unspecified atom stereocenters. The second kappa shape index (κ2) is 5.67. The Morgan fingerprint density at radius 2 is 2.05 bits per heavy atom. The van der Waals surface area contributed by atoms with E-state index in [1.807, 2.05) is 25.7 Å². The van der Waals surface area contributed by atoms with Crippen molar-refractivity contribution >= 4 is 6.09 Å². The van der Waals surface area contributed by atoms with Gasteiger partial charge in [-0.1, -0.05) is 0 Å². The Balaban J connectivity index is 1.87. The highest BCUT2D eigenvalue weighted by atomic mass is 16.6. The monoisotopic (exact) mass is 270 g/mol. The molecule has 2 aliphatic heterocycles. The fraction of sp³-hybridized carbons (Fsp3) is 0.929. The summed E-state index contributed by atoms with van der Waals surface area (Å²) in [6.07, 6.45) is 0.915. The minimum Gasteiger partial charge on any atom is -0.444 e. The third-order valence-corrected chi connectivity index (χ3v) is 3.71. The van der Waals surface area contributed by atoms with Crippen molar-refractivity contribution in [1.82, 2.24) is 9.80 Å².